The minimum atomic E-state index is 0.0202. The van der Waals surface area contributed by atoms with E-state index in [-0.39, 0.29) is 18.6 Å². The van der Waals surface area contributed by atoms with Gasteiger partial charge in [0.2, 0.25) is 5.91 Å². The van der Waals surface area contributed by atoms with E-state index in [0.717, 1.165) is 0 Å². The number of hydrogen-bond donors (Lipinski definition) is 1. The molecular weight excluding hydrogens is 202 g/mol. The highest BCUT2D eigenvalue weighted by Gasteiger charge is 2.21. The van der Waals surface area contributed by atoms with Crippen molar-refractivity contribution in [1.82, 2.24) is 5.32 Å². The Hall–Kier alpha value is -0.570. The molecule has 0 aliphatic heterocycles. The molecule has 3 heteroatoms. The molecule has 0 radical (unpaired) electrons. The number of ether oxygens (including phenoxy) is 1. The van der Waals surface area contributed by atoms with Crippen LogP contribution in [0.25, 0.3) is 0 Å². The van der Waals surface area contributed by atoms with Crippen molar-refractivity contribution in [3.05, 3.63) is 0 Å². The number of amides is 1. The van der Waals surface area contributed by atoms with Gasteiger partial charge in [0, 0.05) is 6.04 Å². The summed E-state index contributed by atoms with van der Waals surface area (Å²) >= 11 is 0. The van der Waals surface area contributed by atoms with Crippen LogP contribution in [-0.4, -0.2) is 24.7 Å². The van der Waals surface area contributed by atoms with Crippen molar-refractivity contribution >= 4 is 5.91 Å². The highest BCUT2D eigenvalue weighted by Crippen LogP contribution is 2.26. The van der Waals surface area contributed by atoms with E-state index in [1.54, 1.807) is 0 Å². The molecule has 0 bridgehead atoms. The van der Waals surface area contributed by atoms with Crippen LogP contribution in [0.1, 0.15) is 52.9 Å². The van der Waals surface area contributed by atoms with Crippen LogP contribution in [0.2, 0.25) is 0 Å². The maximum absolute atomic E-state index is 11.6. The second-order valence-electron chi connectivity index (χ2n) is 5.11. The summed E-state index contributed by atoms with van der Waals surface area (Å²) in [6.45, 7) is 6.19. The Labute approximate surface area is 98.9 Å². The molecule has 1 aliphatic rings. The lowest BCUT2D eigenvalue weighted by molar-refractivity contribution is -0.128. The summed E-state index contributed by atoms with van der Waals surface area (Å²) in [5.74, 6) is 0.684. The van der Waals surface area contributed by atoms with E-state index < -0.39 is 0 Å². The molecule has 3 nitrogen and oxygen atoms in total. The molecule has 0 spiro atoms. The maximum atomic E-state index is 11.6. The Kier molecular flexibility index (Phi) is 5.81. The molecule has 0 saturated heterocycles. The lowest BCUT2D eigenvalue weighted by Crippen LogP contribution is -2.41. The third kappa shape index (κ3) is 4.97. The minimum absolute atomic E-state index is 0.0202. The summed E-state index contributed by atoms with van der Waals surface area (Å²) in [4.78, 5) is 11.6. The third-order valence-corrected chi connectivity index (χ3v) is 3.29. The van der Waals surface area contributed by atoms with Crippen LogP contribution >= 0.6 is 0 Å². The van der Waals surface area contributed by atoms with E-state index in [0.29, 0.717) is 12.0 Å². The number of carbonyl (C=O) groups is 1. The molecule has 1 atom stereocenters. The highest BCUT2D eigenvalue weighted by atomic mass is 16.5. The van der Waals surface area contributed by atoms with Crippen LogP contribution in [0.15, 0.2) is 0 Å². The number of nitrogens with one attached hydrogen (secondary N) is 1. The normalized spacial score (nSPS) is 19.8. The number of hydrogen-bond acceptors (Lipinski definition) is 2. The molecule has 16 heavy (non-hydrogen) atoms. The molecule has 1 aliphatic carbocycles. The van der Waals surface area contributed by atoms with Crippen molar-refractivity contribution in [3.8, 4) is 0 Å². The first-order valence-corrected chi connectivity index (χ1v) is 6.50. The van der Waals surface area contributed by atoms with E-state index in [1.807, 2.05) is 13.8 Å². The average molecular weight is 227 g/mol. The van der Waals surface area contributed by atoms with Gasteiger partial charge in [0.1, 0.15) is 6.61 Å². The molecular formula is C13H25NO2. The first kappa shape index (κ1) is 13.5. The van der Waals surface area contributed by atoms with Crippen LogP contribution in [0.3, 0.4) is 0 Å². The SMILES string of the molecule is CC(C)OCC(=O)N[C@H](C)C1CCCCC1. The second-order valence-corrected chi connectivity index (χ2v) is 5.11. The van der Waals surface area contributed by atoms with E-state index in [1.165, 1.54) is 32.1 Å². The van der Waals surface area contributed by atoms with Gasteiger partial charge >= 0.3 is 0 Å². The molecule has 0 heterocycles. The number of carbonyl (C=O) groups excluding carboxylic acids is 1. The van der Waals surface area contributed by atoms with Crippen molar-refractivity contribution in [3.63, 3.8) is 0 Å². The molecule has 94 valence electrons. The molecule has 1 fully saturated rings. The van der Waals surface area contributed by atoms with Gasteiger partial charge in [0.05, 0.1) is 6.10 Å². The van der Waals surface area contributed by atoms with Crippen LogP contribution in [0.5, 0.6) is 0 Å². The first-order valence-electron chi connectivity index (χ1n) is 6.50. The van der Waals surface area contributed by atoms with Gasteiger partial charge in [-0.2, -0.15) is 0 Å². The third-order valence-electron chi connectivity index (χ3n) is 3.29. The van der Waals surface area contributed by atoms with Crippen molar-refractivity contribution in [2.45, 2.75) is 65.0 Å². The number of rotatable bonds is 5. The monoisotopic (exact) mass is 227 g/mol. The van der Waals surface area contributed by atoms with Gasteiger partial charge in [-0.3, -0.25) is 4.79 Å². The zero-order chi connectivity index (χ0) is 12.0. The van der Waals surface area contributed by atoms with Gasteiger partial charge in [-0.05, 0) is 39.5 Å². The summed E-state index contributed by atoms with van der Waals surface area (Å²) in [7, 11) is 0. The van der Waals surface area contributed by atoms with Crippen molar-refractivity contribution < 1.29 is 9.53 Å². The van der Waals surface area contributed by atoms with Gasteiger partial charge < -0.3 is 10.1 Å². The summed E-state index contributed by atoms with van der Waals surface area (Å²) in [5, 5.41) is 3.04. The van der Waals surface area contributed by atoms with E-state index in [4.69, 9.17) is 4.74 Å². The molecule has 0 aromatic heterocycles. The highest BCUT2D eigenvalue weighted by molar-refractivity contribution is 5.77. The summed E-state index contributed by atoms with van der Waals surface area (Å²) < 4.78 is 5.28. The smallest absolute Gasteiger partial charge is 0.246 e. The Morgan fingerprint density at radius 3 is 2.44 bits per heavy atom. The zero-order valence-corrected chi connectivity index (χ0v) is 10.8. The Morgan fingerprint density at radius 1 is 1.25 bits per heavy atom. The fraction of sp³-hybridized carbons (Fsp3) is 0.923. The lowest BCUT2D eigenvalue weighted by Gasteiger charge is -2.28. The van der Waals surface area contributed by atoms with Gasteiger partial charge in [0.25, 0.3) is 0 Å². The summed E-state index contributed by atoms with van der Waals surface area (Å²) in [5.41, 5.74) is 0. The molecule has 1 N–H and O–H groups in total. The molecule has 1 rings (SSSR count). The lowest BCUT2D eigenvalue weighted by atomic mass is 9.84. The van der Waals surface area contributed by atoms with Crippen LogP contribution in [0.4, 0.5) is 0 Å². The fourth-order valence-corrected chi connectivity index (χ4v) is 2.29. The molecule has 0 aromatic rings. The Morgan fingerprint density at radius 2 is 1.88 bits per heavy atom. The van der Waals surface area contributed by atoms with E-state index >= 15 is 0 Å². The van der Waals surface area contributed by atoms with Crippen molar-refractivity contribution in [2.24, 2.45) is 5.92 Å². The van der Waals surface area contributed by atoms with Crippen LogP contribution in [0, 0.1) is 5.92 Å². The Balaban J connectivity index is 2.21. The molecule has 1 amide bonds. The zero-order valence-electron chi connectivity index (χ0n) is 10.8. The molecule has 1 saturated carbocycles. The largest absolute Gasteiger partial charge is 0.369 e. The molecule has 0 unspecified atom stereocenters. The predicted molar refractivity (Wildman–Crippen MR) is 65.3 cm³/mol. The summed E-state index contributed by atoms with van der Waals surface area (Å²) in [6.07, 6.45) is 6.61. The van der Waals surface area contributed by atoms with Gasteiger partial charge in [-0.1, -0.05) is 19.3 Å². The Bertz CT molecular complexity index is 210. The van der Waals surface area contributed by atoms with Gasteiger partial charge in [-0.15, -0.1) is 0 Å². The van der Waals surface area contributed by atoms with Crippen molar-refractivity contribution in [2.75, 3.05) is 6.61 Å². The van der Waals surface area contributed by atoms with Gasteiger partial charge in [-0.25, -0.2) is 0 Å². The fourth-order valence-electron chi connectivity index (χ4n) is 2.29. The van der Waals surface area contributed by atoms with E-state index in [2.05, 4.69) is 12.2 Å². The molecule has 0 aromatic carbocycles. The maximum Gasteiger partial charge on any atom is 0.246 e. The summed E-state index contributed by atoms with van der Waals surface area (Å²) in [6, 6.07) is 0.295. The van der Waals surface area contributed by atoms with Crippen LogP contribution in [-0.2, 0) is 9.53 Å². The standard InChI is InChI=1S/C13H25NO2/c1-10(2)16-9-13(15)14-11(3)12-7-5-4-6-8-12/h10-12H,4-9H2,1-3H3,(H,14,15)/t11-/m1/s1. The minimum Gasteiger partial charge on any atom is -0.369 e. The second kappa shape index (κ2) is 6.89. The topological polar surface area (TPSA) is 38.3 Å². The van der Waals surface area contributed by atoms with E-state index in [9.17, 15) is 4.79 Å². The first-order chi connectivity index (χ1) is 7.59. The predicted octanol–water partition coefficient (Wildman–Crippen LogP) is 2.50. The van der Waals surface area contributed by atoms with Crippen LogP contribution < -0.4 is 5.32 Å². The van der Waals surface area contributed by atoms with Crippen molar-refractivity contribution in [1.29, 1.82) is 0 Å². The quantitative estimate of drug-likeness (QED) is 0.783. The van der Waals surface area contributed by atoms with Gasteiger partial charge in [0.15, 0.2) is 0 Å². The average Bonchev–Trinajstić information content (AvgIpc) is 2.27.